The van der Waals surface area contributed by atoms with Gasteiger partial charge in [0.1, 0.15) is 0 Å². The highest BCUT2D eigenvalue weighted by molar-refractivity contribution is 5.86. The lowest BCUT2D eigenvalue weighted by Gasteiger charge is -2.55. The van der Waals surface area contributed by atoms with E-state index < -0.39 is 41.5 Å². The van der Waals surface area contributed by atoms with Crippen LogP contribution in [0, 0.1) is 0 Å². The van der Waals surface area contributed by atoms with Crippen molar-refractivity contribution in [2.75, 3.05) is 0 Å². The van der Waals surface area contributed by atoms with Crippen LogP contribution in [-0.2, 0) is 21.5 Å². The number of rotatable bonds is 4. The summed E-state index contributed by atoms with van der Waals surface area (Å²) in [5.74, 6) is -2.97. The molecular weight excluding hydrogens is 314 g/mol. The van der Waals surface area contributed by atoms with Crippen molar-refractivity contribution in [2.45, 2.75) is 55.4 Å². The maximum atomic E-state index is 12.0. The third-order valence-corrected chi connectivity index (χ3v) is 5.48. The first-order chi connectivity index (χ1) is 11.3. The molecule has 2 aliphatic rings. The molecule has 7 heteroatoms. The Bertz CT molecular complexity index is 677. The fraction of sp³-hybridized carbons (Fsp3) is 0.529. The molecule has 4 unspecified atom stereocenters. The van der Waals surface area contributed by atoms with E-state index in [1.165, 1.54) is 0 Å². The largest absolute Gasteiger partial charge is 0.481 e. The van der Waals surface area contributed by atoms with Crippen LogP contribution in [0.2, 0.25) is 0 Å². The zero-order chi connectivity index (χ0) is 17.5. The lowest BCUT2D eigenvalue weighted by Crippen LogP contribution is -2.70. The van der Waals surface area contributed by atoms with Gasteiger partial charge in [0.25, 0.3) is 0 Å². The van der Waals surface area contributed by atoms with Crippen molar-refractivity contribution in [1.82, 2.24) is 5.32 Å². The van der Waals surface area contributed by atoms with Gasteiger partial charge in [-0.05, 0) is 30.4 Å². The molecule has 5 N–H and O–H groups in total. The van der Waals surface area contributed by atoms with Crippen molar-refractivity contribution in [1.29, 1.82) is 0 Å². The molecule has 1 aliphatic heterocycles. The van der Waals surface area contributed by atoms with E-state index in [0.717, 1.165) is 5.56 Å². The van der Waals surface area contributed by atoms with E-state index in [1.54, 1.807) is 12.1 Å². The fourth-order valence-electron chi connectivity index (χ4n) is 4.46. The Morgan fingerprint density at radius 2 is 1.96 bits per heavy atom. The summed E-state index contributed by atoms with van der Waals surface area (Å²) in [6.45, 7) is 0.515. The Morgan fingerprint density at radius 1 is 1.25 bits per heavy atom. The van der Waals surface area contributed by atoms with Crippen LogP contribution in [-0.4, -0.2) is 50.1 Å². The number of hydrogen-bond acceptors (Lipinski definition) is 5. The van der Waals surface area contributed by atoms with Gasteiger partial charge in [-0.1, -0.05) is 24.3 Å². The van der Waals surface area contributed by atoms with Crippen molar-refractivity contribution in [3.05, 3.63) is 35.4 Å². The summed E-state index contributed by atoms with van der Waals surface area (Å²) in [6.07, 6.45) is -0.789. The average molecular weight is 335 g/mol. The standard InChI is InChI=1S/C17H21NO6/c19-11-5-6-13-16(7-11,17(24,15(22)23)8-14(20)21)12-4-2-1-3-10(12)9-18-13/h1-4,11,13,18-19,24H,5-9H2,(H,20,21)(H,22,23). The third-order valence-electron chi connectivity index (χ3n) is 5.48. The third kappa shape index (κ3) is 2.31. The van der Waals surface area contributed by atoms with Gasteiger partial charge in [0, 0.05) is 12.6 Å². The van der Waals surface area contributed by atoms with Gasteiger partial charge in [0.15, 0.2) is 5.60 Å². The van der Waals surface area contributed by atoms with Gasteiger partial charge >= 0.3 is 11.9 Å². The van der Waals surface area contributed by atoms with Gasteiger partial charge in [0.2, 0.25) is 0 Å². The number of benzene rings is 1. The Hall–Kier alpha value is -1.96. The molecule has 0 aromatic heterocycles. The zero-order valence-electron chi connectivity index (χ0n) is 13.1. The first kappa shape index (κ1) is 16.9. The molecule has 1 saturated carbocycles. The molecule has 0 bridgehead atoms. The van der Waals surface area contributed by atoms with Crippen LogP contribution in [0.15, 0.2) is 24.3 Å². The molecule has 7 nitrogen and oxygen atoms in total. The second-order valence-corrected chi connectivity index (χ2v) is 6.73. The Labute approximate surface area is 138 Å². The molecule has 1 fully saturated rings. The molecule has 1 heterocycles. The van der Waals surface area contributed by atoms with Crippen molar-refractivity contribution >= 4 is 11.9 Å². The fourth-order valence-corrected chi connectivity index (χ4v) is 4.46. The zero-order valence-corrected chi connectivity index (χ0v) is 13.1. The number of carboxylic acids is 2. The summed E-state index contributed by atoms with van der Waals surface area (Å²) in [5, 5.41) is 43.6. The van der Waals surface area contributed by atoms with E-state index in [2.05, 4.69) is 5.32 Å². The lowest BCUT2D eigenvalue weighted by molar-refractivity contribution is -0.182. The highest BCUT2D eigenvalue weighted by Gasteiger charge is 2.64. The topological polar surface area (TPSA) is 127 Å². The number of carboxylic acid groups (broad SMARTS) is 2. The van der Waals surface area contributed by atoms with Crippen LogP contribution >= 0.6 is 0 Å². The minimum Gasteiger partial charge on any atom is -0.481 e. The minimum atomic E-state index is -2.52. The molecular formula is C17H21NO6. The SMILES string of the molecule is O=C(O)CC(O)(C(=O)O)C12CC(O)CCC1NCc1ccccc12. The van der Waals surface area contributed by atoms with E-state index in [1.807, 2.05) is 12.1 Å². The quantitative estimate of drug-likeness (QED) is 0.533. The van der Waals surface area contributed by atoms with Crippen LogP contribution in [0.1, 0.15) is 36.8 Å². The molecule has 0 spiro atoms. The number of aliphatic hydroxyl groups is 2. The summed E-state index contributed by atoms with van der Waals surface area (Å²) in [4.78, 5) is 23.3. The molecule has 1 aliphatic carbocycles. The maximum absolute atomic E-state index is 12.0. The molecule has 0 saturated heterocycles. The average Bonchev–Trinajstić information content (AvgIpc) is 2.53. The maximum Gasteiger partial charge on any atom is 0.337 e. The second kappa shape index (κ2) is 5.84. The number of aliphatic carboxylic acids is 2. The van der Waals surface area contributed by atoms with E-state index in [-0.39, 0.29) is 6.42 Å². The Morgan fingerprint density at radius 3 is 2.62 bits per heavy atom. The minimum absolute atomic E-state index is 0.00222. The van der Waals surface area contributed by atoms with Crippen molar-refractivity contribution in [3.63, 3.8) is 0 Å². The predicted molar refractivity (Wildman–Crippen MR) is 83.4 cm³/mol. The van der Waals surface area contributed by atoms with Crippen LogP contribution in [0.5, 0.6) is 0 Å². The van der Waals surface area contributed by atoms with Gasteiger partial charge in [-0.25, -0.2) is 4.79 Å². The molecule has 1 aromatic rings. The van der Waals surface area contributed by atoms with E-state index in [4.69, 9.17) is 0 Å². The van der Waals surface area contributed by atoms with Gasteiger partial charge < -0.3 is 25.7 Å². The Kier molecular flexibility index (Phi) is 4.11. The van der Waals surface area contributed by atoms with Crippen LogP contribution in [0.3, 0.4) is 0 Å². The summed E-state index contributed by atoms with van der Waals surface area (Å²) in [5.41, 5.74) is -2.50. The summed E-state index contributed by atoms with van der Waals surface area (Å²) in [7, 11) is 0. The lowest BCUT2D eigenvalue weighted by atomic mass is 9.53. The number of hydrogen-bond donors (Lipinski definition) is 5. The predicted octanol–water partition coefficient (Wildman–Crippen LogP) is 0.231. The van der Waals surface area contributed by atoms with Crippen LogP contribution < -0.4 is 5.32 Å². The van der Waals surface area contributed by atoms with Gasteiger partial charge in [-0.2, -0.15) is 0 Å². The molecule has 3 rings (SSSR count). The molecule has 0 radical (unpaired) electrons. The summed E-state index contributed by atoms with van der Waals surface area (Å²) in [6, 6.07) is 6.69. The summed E-state index contributed by atoms with van der Waals surface area (Å²) >= 11 is 0. The first-order valence-electron chi connectivity index (χ1n) is 7.98. The van der Waals surface area contributed by atoms with E-state index in [0.29, 0.717) is 24.9 Å². The van der Waals surface area contributed by atoms with E-state index >= 15 is 0 Å². The van der Waals surface area contributed by atoms with E-state index in [9.17, 15) is 30.0 Å². The number of fused-ring (bicyclic) bond motifs is 3. The van der Waals surface area contributed by atoms with Crippen molar-refractivity contribution < 1.29 is 30.0 Å². The molecule has 130 valence electrons. The summed E-state index contributed by atoms with van der Waals surface area (Å²) < 4.78 is 0. The highest BCUT2D eigenvalue weighted by atomic mass is 16.4. The van der Waals surface area contributed by atoms with Gasteiger partial charge in [0.05, 0.1) is 17.9 Å². The van der Waals surface area contributed by atoms with Crippen LogP contribution in [0.4, 0.5) is 0 Å². The number of carbonyl (C=O) groups is 2. The molecule has 1 aromatic carbocycles. The van der Waals surface area contributed by atoms with Crippen molar-refractivity contribution in [2.24, 2.45) is 0 Å². The monoisotopic (exact) mass is 335 g/mol. The molecule has 4 atom stereocenters. The number of aliphatic hydroxyl groups excluding tert-OH is 1. The van der Waals surface area contributed by atoms with Gasteiger partial charge in [-0.3, -0.25) is 4.79 Å². The first-order valence-corrected chi connectivity index (χ1v) is 7.98. The Balaban J connectivity index is 2.26. The highest BCUT2D eigenvalue weighted by Crippen LogP contribution is 2.51. The smallest absolute Gasteiger partial charge is 0.337 e. The molecule has 24 heavy (non-hydrogen) atoms. The normalized spacial score (nSPS) is 31.4. The number of nitrogens with one attached hydrogen (secondary N) is 1. The van der Waals surface area contributed by atoms with Crippen LogP contribution in [0.25, 0.3) is 0 Å². The second-order valence-electron chi connectivity index (χ2n) is 6.73. The van der Waals surface area contributed by atoms with Crippen molar-refractivity contribution in [3.8, 4) is 0 Å². The van der Waals surface area contributed by atoms with Gasteiger partial charge in [-0.15, -0.1) is 0 Å². The molecule has 0 amide bonds.